The van der Waals surface area contributed by atoms with E-state index < -0.39 is 0 Å². The van der Waals surface area contributed by atoms with E-state index in [-0.39, 0.29) is 17.9 Å². The number of aliphatic imine (C=N–C) groups is 1. The Bertz CT molecular complexity index is 1160. The monoisotopic (exact) mass is 522 g/mol. The van der Waals surface area contributed by atoms with Crippen molar-refractivity contribution in [3.63, 3.8) is 0 Å². The van der Waals surface area contributed by atoms with Gasteiger partial charge in [-0.05, 0) is 45.2 Å². The SMILES string of the molecule is CCC(=N/C=C/N1CCC(N2CCOCC2)CC1)c1cc(O[C@H](C)[C@H]2CNC(=O)C2)c2c(c1)ncn2CC. The second kappa shape index (κ2) is 12.3. The molecule has 5 rings (SSSR count). The number of ether oxygens (including phenoxy) is 2. The molecule has 0 aliphatic carbocycles. The summed E-state index contributed by atoms with van der Waals surface area (Å²) in [6.07, 6.45) is 9.55. The molecule has 2 aromatic rings. The lowest BCUT2D eigenvalue weighted by Gasteiger charge is -2.39. The number of fused-ring (bicyclic) bond motifs is 1. The number of aromatic nitrogens is 2. The third kappa shape index (κ3) is 6.04. The molecule has 0 bridgehead atoms. The van der Waals surface area contributed by atoms with E-state index in [1.807, 2.05) is 12.5 Å². The van der Waals surface area contributed by atoms with Gasteiger partial charge in [0.2, 0.25) is 5.91 Å². The van der Waals surface area contributed by atoms with E-state index in [0.717, 1.165) is 80.4 Å². The maximum atomic E-state index is 11.8. The molecule has 1 aromatic heterocycles. The number of amides is 1. The van der Waals surface area contributed by atoms with Crippen molar-refractivity contribution in [2.75, 3.05) is 45.9 Å². The van der Waals surface area contributed by atoms with Crippen molar-refractivity contribution in [1.29, 1.82) is 0 Å². The lowest BCUT2D eigenvalue weighted by molar-refractivity contribution is -0.119. The minimum Gasteiger partial charge on any atom is -0.488 e. The quantitative estimate of drug-likeness (QED) is 0.508. The number of rotatable bonds is 9. The number of carbonyl (C=O) groups excluding carboxylic acids is 1. The van der Waals surface area contributed by atoms with Crippen LogP contribution < -0.4 is 10.1 Å². The Kier molecular flexibility index (Phi) is 8.64. The molecule has 0 saturated carbocycles. The second-order valence-electron chi connectivity index (χ2n) is 10.6. The molecule has 9 heteroatoms. The van der Waals surface area contributed by atoms with E-state index in [4.69, 9.17) is 14.5 Å². The molecule has 9 nitrogen and oxygen atoms in total. The Labute approximate surface area is 225 Å². The molecule has 1 aromatic carbocycles. The van der Waals surface area contributed by atoms with Gasteiger partial charge in [0.15, 0.2) is 0 Å². The highest BCUT2D eigenvalue weighted by Crippen LogP contribution is 2.31. The van der Waals surface area contributed by atoms with Crippen molar-refractivity contribution < 1.29 is 14.3 Å². The Hall–Kier alpha value is -2.91. The summed E-state index contributed by atoms with van der Waals surface area (Å²) in [5.74, 6) is 1.06. The predicted octanol–water partition coefficient (Wildman–Crippen LogP) is 3.43. The maximum Gasteiger partial charge on any atom is 0.220 e. The highest BCUT2D eigenvalue weighted by atomic mass is 16.5. The Morgan fingerprint density at radius 3 is 2.71 bits per heavy atom. The van der Waals surface area contributed by atoms with Gasteiger partial charge in [-0.2, -0.15) is 0 Å². The number of imidazole rings is 1. The van der Waals surface area contributed by atoms with Crippen LogP contribution in [0.3, 0.4) is 0 Å². The van der Waals surface area contributed by atoms with Crippen LogP contribution in [0.2, 0.25) is 0 Å². The molecule has 38 heavy (non-hydrogen) atoms. The van der Waals surface area contributed by atoms with Crippen LogP contribution in [0.4, 0.5) is 0 Å². The van der Waals surface area contributed by atoms with Crippen molar-refractivity contribution in [2.24, 2.45) is 10.9 Å². The zero-order chi connectivity index (χ0) is 26.5. The van der Waals surface area contributed by atoms with Crippen LogP contribution in [0.1, 0.15) is 52.0 Å². The number of benzene rings is 1. The zero-order valence-electron chi connectivity index (χ0n) is 23.1. The normalized spacial score (nSPS) is 22.9. The van der Waals surface area contributed by atoms with E-state index >= 15 is 0 Å². The van der Waals surface area contributed by atoms with E-state index in [9.17, 15) is 4.79 Å². The van der Waals surface area contributed by atoms with E-state index in [1.54, 1.807) is 0 Å². The van der Waals surface area contributed by atoms with Crippen molar-refractivity contribution in [3.05, 3.63) is 36.4 Å². The first-order chi connectivity index (χ1) is 18.6. The predicted molar refractivity (Wildman–Crippen MR) is 150 cm³/mol. The third-order valence-corrected chi connectivity index (χ3v) is 8.24. The van der Waals surface area contributed by atoms with Crippen LogP contribution >= 0.6 is 0 Å². The molecule has 0 unspecified atom stereocenters. The summed E-state index contributed by atoms with van der Waals surface area (Å²) < 4.78 is 14.1. The fourth-order valence-corrected chi connectivity index (χ4v) is 5.85. The second-order valence-corrected chi connectivity index (χ2v) is 10.6. The van der Waals surface area contributed by atoms with Crippen LogP contribution in [-0.4, -0.2) is 89.1 Å². The van der Waals surface area contributed by atoms with E-state index in [1.165, 1.54) is 12.8 Å². The number of morpholine rings is 1. The molecular weight excluding hydrogens is 480 g/mol. The lowest BCUT2D eigenvalue weighted by Crippen LogP contribution is -2.48. The highest BCUT2D eigenvalue weighted by molar-refractivity contribution is 6.04. The lowest BCUT2D eigenvalue weighted by atomic mass is 10.0. The zero-order valence-corrected chi connectivity index (χ0v) is 23.1. The largest absolute Gasteiger partial charge is 0.488 e. The molecule has 1 amide bonds. The first kappa shape index (κ1) is 26.7. The molecule has 1 N–H and O–H groups in total. The van der Waals surface area contributed by atoms with Gasteiger partial charge >= 0.3 is 0 Å². The summed E-state index contributed by atoms with van der Waals surface area (Å²) in [5, 5.41) is 2.92. The molecule has 3 fully saturated rings. The summed E-state index contributed by atoms with van der Waals surface area (Å²) in [4.78, 5) is 26.3. The number of hydrogen-bond acceptors (Lipinski definition) is 7. The van der Waals surface area contributed by atoms with Crippen LogP contribution in [0.5, 0.6) is 5.75 Å². The molecule has 3 aliphatic heterocycles. The number of nitrogens with one attached hydrogen (secondary N) is 1. The van der Waals surface area contributed by atoms with Gasteiger partial charge in [0.1, 0.15) is 17.4 Å². The molecule has 3 saturated heterocycles. The van der Waals surface area contributed by atoms with Gasteiger partial charge in [-0.3, -0.25) is 14.7 Å². The minimum atomic E-state index is -0.0880. The first-order valence-electron chi connectivity index (χ1n) is 14.3. The smallest absolute Gasteiger partial charge is 0.220 e. The average molecular weight is 523 g/mol. The van der Waals surface area contributed by atoms with Gasteiger partial charge in [-0.15, -0.1) is 0 Å². The van der Waals surface area contributed by atoms with Crippen molar-refractivity contribution in [1.82, 2.24) is 24.7 Å². The van der Waals surface area contributed by atoms with Crippen LogP contribution in [-0.2, 0) is 16.1 Å². The van der Waals surface area contributed by atoms with Crippen molar-refractivity contribution >= 4 is 22.7 Å². The van der Waals surface area contributed by atoms with Gasteiger partial charge in [0, 0.05) is 81.3 Å². The van der Waals surface area contributed by atoms with Crippen LogP contribution in [0, 0.1) is 5.92 Å². The number of piperidine rings is 1. The summed E-state index contributed by atoms with van der Waals surface area (Å²) in [5.41, 5.74) is 3.93. The summed E-state index contributed by atoms with van der Waals surface area (Å²) in [6, 6.07) is 4.89. The van der Waals surface area contributed by atoms with Gasteiger partial charge in [-0.1, -0.05) is 6.92 Å². The minimum absolute atomic E-state index is 0.0880. The summed E-state index contributed by atoms with van der Waals surface area (Å²) >= 11 is 0. The maximum absolute atomic E-state index is 11.8. The molecule has 3 aliphatic rings. The molecule has 206 valence electrons. The topological polar surface area (TPSA) is 84.2 Å². The molecule has 2 atom stereocenters. The Morgan fingerprint density at radius 2 is 2.03 bits per heavy atom. The van der Waals surface area contributed by atoms with Crippen LogP contribution in [0.25, 0.3) is 11.0 Å². The van der Waals surface area contributed by atoms with Gasteiger partial charge in [0.05, 0.1) is 25.1 Å². The highest BCUT2D eigenvalue weighted by Gasteiger charge is 2.29. The fourth-order valence-electron chi connectivity index (χ4n) is 5.85. The number of aryl methyl sites for hydroxylation is 1. The molecular formula is C29H42N6O3. The fraction of sp³-hybridized carbons (Fsp3) is 0.621. The number of carbonyl (C=O) groups is 1. The van der Waals surface area contributed by atoms with Gasteiger partial charge in [-0.25, -0.2) is 4.98 Å². The number of nitrogens with zero attached hydrogens (tertiary/aromatic N) is 5. The van der Waals surface area contributed by atoms with Gasteiger partial charge in [0.25, 0.3) is 0 Å². The Morgan fingerprint density at radius 1 is 1.24 bits per heavy atom. The number of likely N-dealkylation sites (tertiary alicyclic amines) is 1. The van der Waals surface area contributed by atoms with Crippen molar-refractivity contribution in [3.8, 4) is 5.75 Å². The number of hydrogen-bond donors (Lipinski definition) is 1. The van der Waals surface area contributed by atoms with Crippen molar-refractivity contribution in [2.45, 2.75) is 65.1 Å². The van der Waals surface area contributed by atoms with Gasteiger partial charge < -0.3 is 24.3 Å². The summed E-state index contributed by atoms with van der Waals surface area (Å²) in [6.45, 7) is 13.7. The molecule has 4 heterocycles. The molecule has 0 spiro atoms. The van der Waals surface area contributed by atoms with E-state index in [2.05, 4.69) is 63.8 Å². The van der Waals surface area contributed by atoms with E-state index in [0.29, 0.717) is 19.0 Å². The summed E-state index contributed by atoms with van der Waals surface area (Å²) in [7, 11) is 0. The average Bonchev–Trinajstić information content (AvgIpc) is 3.58. The van der Waals surface area contributed by atoms with Crippen LogP contribution in [0.15, 0.2) is 35.9 Å². The standard InChI is InChI=1S/C29H42N6O3/c1-4-25(30-8-11-33-9-6-24(7-10-33)35-12-14-37-15-13-35)22-16-26-29(34(5-2)20-32-26)27(17-22)38-21(3)23-18-28(36)31-19-23/h8,11,16-17,20-21,23-24H,4-7,9-10,12-15,18-19H2,1-3H3,(H,31,36)/b11-8+,30-25?/t21-,23-/m1/s1. The Balaban J connectivity index is 1.30. The third-order valence-electron chi connectivity index (χ3n) is 8.24. The molecule has 0 radical (unpaired) electrons. The first-order valence-corrected chi connectivity index (χ1v) is 14.3.